The van der Waals surface area contributed by atoms with Gasteiger partial charge < -0.3 is 4.98 Å². The molecule has 0 fully saturated rings. The molecule has 0 aliphatic carbocycles. The number of fused-ring (bicyclic) bond motifs is 1. The molecule has 5 rings (SSSR count). The zero-order valence-electron chi connectivity index (χ0n) is 17.4. The fourth-order valence-corrected chi connectivity index (χ4v) is 4.62. The first-order valence-corrected chi connectivity index (χ1v) is 11.7. The van der Waals surface area contributed by atoms with Crippen LogP contribution in [0.2, 0.25) is 0 Å². The second-order valence-corrected chi connectivity index (χ2v) is 9.28. The highest BCUT2D eigenvalue weighted by atomic mass is 32.2. The molecule has 0 aliphatic rings. The summed E-state index contributed by atoms with van der Waals surface area (Å²) < 4.78 is 41.2. The first kappa shape index (κ1) is 21.0. The van der Waals surface area contributed by atoms with Crippen LogP contribution in [-0.4, -0.2) is 23.4 Å². The summed E-state index contributed by atoms with van der Waals surface area (Å²) in [5, 5.41) is 0.787. The third-order valence-corrected chi connectivity index (χ3v) is 6.75. The minimum atomic E-state index is -3.65. The zero-order valence-corrected chi connectivity index (χ0v) is 18.2. The Kier molecular flexibility index (Phi) is 5.45. The number of aromatic amines is 1. The Hall–Kier alpha value is -3.88. The lowest BCUT2D eigenvalue weighted by Crippen LogP contribution is -2.23. The predicted octanol–water partition coefficient (Wildman–Crippen LogP) is 4.91. The van der Waals surface area contributed by atoms with Gasteiger partial charge in [0.1, 0.15) is 17.8 Å². The number of sulfonamides is 1. The van der Waals surface area contributed by atoms with Crippen molar-refractivity contribution >= 4 is 21.1 Å². The van der Waals surface area contributed by atoms with E-state index in [-0.39, 0.29) is 17.3 Å². The molecule has 0 aliphatic heterocycles. The number of H-pyrrole nitrogens is 1. The fourth-order valence-electron chi connectivity index (χ4n) is 3.60. The summed E-state index contributed by atoms with van der Waals surface area (Å²) in [7, 11) is -3.65. The van der Waals surface area contributed by atoms with E-state index in [1.165, 1.54) is 18.5 Å². The van der Waals surface area contributed by atoms with Crippen molar-refractivity contribution < 1.29 is 12.8 Å². The lowest BCUT2D eigenvalue weighted by molar-refractivity contribution is 0.581. The maximum Gasteiger partial charge on any atom is 0.240 e. The van der Waals surface area contributed by atoms with E-state index in [0.29, 0.717) is 11.3 Å². The molecule has 2 N–H and O–H groups in total. The smallest absolute Gasteiger partial charge is 0.240 e. The third kappa shape index (κ3) is 4.39. The standard InChI is InChI=1S/C25H19FN4O2S/c26-20-10-6-18(7-11-20)23-14-22-24(27-16-28-25(22)30-23)19-8-12-21(13-9-19)33(31,32)29-15-17-4-2-1-3-5-17/h1-14,16,29H,15H2,(H,27,28,30). The van der Waals surface area contributed by atoms with Crippen LogP contribution in [0.3, 0.4) is 0 Å². The van der Waals surface area contributed by atoms with Crippen molar-refractivity contribution in [2.45, 2.75) is 11.4 Å². The van der Waals surface area contributed by atoms with Gasteiger partial charge >= 0.3 is 0 Å². The van der Waals surface area contributed by atoms with E-state index in [0.717, 1.165) is 27.8 Å². The summed E-state index contributed by atoms with van der Waals surface area (Å²) in [5.74, 6) is -0.302. The predicted molar refractivity (Wildman–Crippen MR) is 125 cm³/mol. The molecule has 0 bridgehead atoms. The number of benzene rings is 3. The van der Waals surface area contributed by atoms with E-state index in [4.69, 9.17) is 0 Å². The second-order valence-electron chi connectivity index (χ2n) is 7.51. The second kappa shape index (κ2) is 8.57. The van der Waals surface area contributed by atoms with Gasteiger partial charge in [0.15, 0.2) is 0 Å². The Labute approximate surface area is 190 Å². The highest BCUT2D eigenvalue weighted by Crippen LogP contribution is 2.30. The van der Waals surface area contributed by atoms with Crippen molar-refractivity contribution in [2.24, 2.45) is 0 Å². The van der Waals surface area contributed by atoms with Crippen LogP contribution in [0.25, 0.3) is 33.5 Å². The average molecular weight is 459 g/mol. The number of nitrogens with one attached hydrogen (secondary N) is 2. The normalized spacial score (nSPS) is 11.7. The maximum absolute atomic E-state index is 13.3. The van der Waals surface area contributed by atoms with Gasteiger partial charge in [-0.15, -0.1) is 0 Å². The monoisotopic (exact) mass is 458 g/mol. The van der Waals surface area contributed by atoms with Gasteiger partial charge in [-0.25, -0.2) is 27.5 Å². The first-order valence-electron chi connectivity index (χ1n) is 10.2. The number of nitrogens with zero attached hydrogens (tertiary/aromatic N) is 2. The van der Waals surface area contributed by atoms with Crippen molar-refractivity contribution in [3.05, 3.63) is 103 Å². The van der Waals surface area contributed by atoms with Crippen LogP contribution >= 0.6 is 0 Å². The van der Waals surface area contributed by atoms with E-state index < -0.39 is 10.0 Å². The summed E-state index contributed by atoms with van der Waals surface area (Å²) in [4.78, 5) is 12.1. The SMILES string of the molecule is O=S(=O)(NCc1ccccc1)c1ccc(-c2ncnc3[nH]c(-c4ccc(F)cc4)cc23)cc1. The van der Waals surface area contributed by atoms with Crippen LogP contribution in [0.1, 0.15) is 5.56 Å². The van der Waals surface area contributed by atoms with E-state index in [1.54, 1.807) is 36.4 Å². The molecule has 5 aromatic rings. The number of aromatic nitrogens is 3. The fraction of sp³-hybridized carbons (Fsp3) is 0.0400. The molecule has 33 heavy (non-hydrogen) atoms. The molecular weight excluding hydrogens is 439 g/mol. The molecule has 2 aromatic heterocycles. The molecule has 0 unspecified atom stereocenters. The molecule has 0 atom stereocenters. The minimum absolute atomic E-state index is 0.175. The summed E-state index contributed by atoms with van der Waals surface area (Å²) in [6.45, 7) is 0.215. The molecule has 6 nitrogen and oxygen atoms in total. The van der Waals surface area contributed by atoms with Gasteiger partial charge in [-0.3, -0.25) is 0 Å². The van der Waals surface area contributed by atoms with Crippen LogP contribution in [-0.2, 0) is 16.6 Å². The minimum Gasteiger partial charge on any atom is -0.339 e. The Morgan fingerprint density at radius 3 is 2.27 bits per heavy atom. The van der Waals surface area contributed by atoms with E-state index >= 15 is 0 Å². The Morgan fingerprint density at radius 1 is 0.848 bits per heavy atom. The van der Waals surface area contributed by atoms with Crippen LogP contribution in [0.15, 0.2) is 96.2 Å². The molecule has 8 heteroatoms. The summed E-state index contributed by atoms with van der Waals surface area (Å²) in [5.41, 5.74) is 4.56. The van der Waals surface area contributed by atoms with E-state index in [2.05, 4.69) is 19.7 Å². The number of rotatable bonds is 6. The van der Waals surface area contributed by atoms with Gasteiger partial charge in [0.05, 0.1) is 10.6 Å². The summed E-state index contributed by atoms with van der Waals surface area (Å²) in [6.07, 6.45) is 1.45. The summed E-state index contributed by atoms with van der Waals surface area (Å²) >= 11 is 0. The molecule has 0 saturated heterocycles. The average Bonchev–Trinajstić information content (AvgIpc) is 3.28. The topological polar surface area (TPSA) is 87.7 Å². The van der Waals surface area contributed by atoms with Gasteiger partial charge in [0, 0.05) is 23.2 Å². The van der Waals surface area contributed by atoms with Crippen molar-refractivity contribution in [2.75, 3.05) is 0 Å². The van der Waals surface area contributed by atoms with Crippen molar-refractivity contribution in [1.82, 2.24) is 19.7 Å². The molecular formula is C25H19FN4O2S. The molecule has 0 radical (unpaired) electrons. The highest BCUT2D eigenvalue weighted by Gasteiger charge is 2.16. The van der Waals surface area contributed by atoms with Crippen LogP contribution in [0.4, 0.5) is 4.39 Å². The van der Waals surface area contributed by atoms with Crippen molar-refractivity contribution in [3.8, 4) is 22.5 Å². The molecule has 0 amide bonds. The lowest BCUT2D eigenvalue weighted by atomic mass is 10.1. The van der Waals surface area contributed by atoms with Crippen LogP contribution in [0.5, 0.6) is 0 Å². The molecule has 0 spiro atoms. The molecule has 2 heterocycles. The van der Waals surface area contributed by atoms with Gasteiger partial charge in [0.25, 0.3) is 0 Å². The Balaban J connectivity index is 1.43. The van der Waals surface area contributed by atoms with E-state index in [1.807, 2.05) is 36.4 Å². The largest absolute Gasteiger partial charge is 0.339 e. The highest BCUT2D eigenvalue weighted by molar-refractivity contribution is 7.89. The van der Waals surface area contributed by atoms with Crippen molar-refractivity contribution in [3.63, 3.8) is 0 Å². The maximum atomic E-state index is 13.3. The van der Waals surface area contributed by atoms with Crippen LogP contribution < -0.4 is 4.72 Å². The molecule has 3 aromatic carbocycles. The summed E-state index contributed by atoms with van der Waals surface area (Å²) in [6, 6.07) is 24.0. The van der Waals surface area contributed by atoms with Crippen molar-refractivity contribution in [1.29, 1.82) is 0 Å². The number of hydrogen-bond acceptors (Lipinski definition) is 4. The lowest BCUT2D eigenvalue weighted by Gasteiger charge is -2.08. The molecule has 164 valence electrons. The van der Waals surface area contributed by atoms with E-state index in [9.17, 15) is 12.8 Å². The van der Waals surface area contributed by atoms with Gasteiger partial charge in [0.2, 0.25) is 10.0 Å². The third-order valence-electron chi connectivity index (χ3n) is 5.33. The first-order chi connectivity index (χ1) is 16.0. The Bertz CT molecular complexity index is 1520. The van der Waals surface area contributed by atoms with Gasteiger partial charge in [-0.1, -0.05) is 42.5 Å². The molecule has 0 saturated carbocycles. The zero-order chi connectivity index (χ0) is 22.8. The Morgan fingerprint density at radius 2 is 1.55 bits per heavy atom. The number of hydrogen-bond donors (Lipinski definition) is 2. The van der Waals surface area contributed by atoms with Gasteiger partial charge in [-0.05, 0) is 53.6 Å². The van der Waals surface area contributed by atoms with Gasteiger partial charge in [-0.2, -0.15) is 0 Å². The quantitative estimate of drug-likeness (QED) is 0.379. The number of halogens is 1. The van der Waals surface area contributed by atoms with Crippen LogP contribution in [0, 0.1) is 5.82 Å².